The largest absolute Gasteiger partial charge is 0.0952 e. The van der Waals surface area contributed by atoms with Crippen LogP contribution >= 0.6 is 0 Å². The first-order valence-electron chi connectivity index (χ1n) is 5.39. The minimum atomic E-state index is 0. The first-order valence-corrected chi connectivity index (χ1v) is 5.39. The van der Waals surface area contributed by atoms with E-state index in [9.17, 15) is 0 Å². The van der Waals surface area contributed by atoms with Crippen molar-refractivity contribution in [3.05, 3.63) is 71.8 Å². The number of fused-ring (bicyclic) bond motifs is 1. The summed E-state index contributed by atoms with van der Waals surface area (Å²) in [6.07, 6.45) is 9.48. The van der Waals surface area contributed by atoms with Crippen LogP contribution in [0.3, 0.4) is 0 Å². The fraction of sp³-hybridized carbons (Fsp3) is 0.333. The quantitative estimate of drug-likeness (QED) is 0.531. The van der Waals surface area contributed by atoms with Gasteiger partial charge in [-0.15, -0.1) is 0 Å². The molecule has 1 atom stereocenters. The molecule has 1 aliphatic rings. The Morgan fingerprint density at radius 2 is 1.72 bits per heavy atom. The molecule has 1 aliphatic carbocycles. The zero-order chi connectivity index (χ0) is 10.7. The smallest absolute Gasteiger partial charge is 0.00579 e. The molecule has 0 saturated heterocycles. The maximum Gasteiger partial charge on any atom is 0.00579 e. The second-order valence-electron chi connectivity index (χ2n) is 3.99. The SMILES string of the molecule is C.C.C.C=C1/C=C\C=C/Cc2ccccc2C1C. The molecule has 0 aromatic heterocycles. The van der Waals surface area contributed by atoms with E-state index in [1.54, 1.807) is 0 Å². The average molecular weight is 244 g/mol. The van der Waals surface area contributed by atoms with Gasteiger partial charge in [0.25, 0.3) is 0 Å². The van der Waals surface area contributed by atoms with Gasteiger partial charge in [-0.05, 0) is 23.1 Å². The van der Waals surface area contributed by atoms with Gasteiger partial charge in [-0.1, -0.05) is 84.4 Å². The first-order chi connectivity index (χ1) is 7.29. The van der Waals surface area contributed by atoms with Crippen LogP contribution in [0.1, 0.15) is 46.2 Å². The van der Waals surface area contributed by atoms with Crippen molar-refractivity contribution in [1.29, 1.82) is 0 Å². The molecule has 0 radical (unpaired) electrons. The fourth-order valence-electron chi connectivity index (χ4n) is 1.94. The van der Waals surface area contributed by atoms with Gasteiger partial charge >= 0.3 is 0 Å². The molecule has 0 saturated carbocycles. The summed E-state index contributed by atoms with van der Waals surface area (Å²) >= 11 is 0. The van der Waals surface area contributed by atoms with Crippen molar-refractivity contribution in [1.82, 2.24) is 0 Å². The van der Waals surface area contributed by atoms with E-state index in [1.807, 2.05) is 0 Å². The number of hydrogen-bond acceptors (Lipinski definition) is 0. The third-order valence-electron chi connectivity index (χ3n) is 2.97. The molecule has 0 aliphatic heterocycles. The van der Waals surface area contributed by atoms with Crippen LogP contribution in [0, 0.1) is 0 Å². The zero-order valence-electron chi connectivity index (χ0n) is 9.11. The molecule has 0 N–H and O–H groups in total. The van der Waals surface area contributed by atoms with E-state index in [-0.39, 0.29) is 22.3 Å². The lowest BCUT2D eigenvalue weighted by Gasteiger charge is -2.15. The van der Waals surface area contributed by atoms with Crippen molar-refractivity contribution in [2.45, 2.75) is 41.5 Å². The molecule has 0 amide bonds. The molecule has 0 fully saturated rings. The summed E-state index contributed by atoms with van der Waals surface area (Å²) in [6, 6.07) is 8.62. The summed E-state index contributed by atoms with van der Waals surface area (Å²) in [4.78, 5) is 0. The van der Waals surface area contributed by atoms with Crippen LogP contribution in [0.25, 0.3) is 0 Å². The third-order valence-corrected chi connectivity index (χ3v) is 2.97. The van der Waals surface area contributed by atoms with Crippen molar-refractivity contribution < 1.29 is 0 Å². The van der Waals surface area contributed by atoms with Crippen molar-refractivity contribution >= 4 is 0 Å². The van der Waals surface area contributed by atoms with E-state index >= 15 is 0 Å². The van der Waals surface area contributed by atoms with E-state index in [0.717, 1.165) is 6.42 Å². The minimum Gasteiger partial charge on any atom is -0.0952 e. The summed E-state index contributed by atoms with van der Waals surface area (Å²) < 4.78 is 0. The highest BCUT2D eigenvalue weighted by atomic mass is 14.2. The molecule has 1 aromatic rings. The third kappa shape index (κ3) is 4.03. The second kappa shape index (κ2) is 8.52. The molecular formula is C18H28. The normalized spacial score (nSPS) is 20.5. The van der Waals surface area contributed by atoms with Crippen LogP contribution < -0.4 is 0 Å². The molecule has 0 heteroatoms. The maximum atomic E-state index is 4.12. The van der Waals surface area contributed by atoms with Crippen LogP contribution in [0.2, 0.25) is 0 Å². The van der Waals surface area contributed by atoms with Crippen molar-refractivity contribution in [3.8, 4) is 0 Å². The van der Waals surface area contributed by atoms with Gasteiger partial charge in [-0.3, -0.25) is 0 Å². The van der Waals surface area contributed by atoms with Gasteiger partial charge in [-0.2, -0.15) is 0 Å². The van der Waals surface area contributed by atoms with Gasteiger partial charge in [0, 0.05) is 5.92 Å². The predicted molar refractivity (Wildman–Crippen MR) is 86.2 cm³/mol. The van der Waals surface area contributed by atoms with Crippen LogP contribution in [0.5, 0.6) is 0 Å². The molecule has 0 nitrogen and oxygen atoms in total. The lowest BCUT2D eigenvalue weighted by Crippen LogP contribution is -1.99. The van der Waals surface area contributed by atoms with Gasteiger partial charge in [-0.25, -0.2) is 0 Å². The van der Waals surface area contributed by atoms with E-state index in [4.69, 9.17) is 0 Å². The topological polar surface area (TPSA) is 0 Å². The molecule has 1 aromatic carbocycles. The zero-order valence-corrected chi connectivity index (χ0v) is 9.11. The van der Waals surface area contributed by atoms with Gasteiger partial charge in [0.1, 0.15) is 0 Å². The Bertz CT molecular complexity index is 421. The minimum absolute atomic E-state index is 0. The van der Waals surface area contributed by atoms with E-state index in [2.05, 4.69) is 62.1 Å². The van der Waals surface area contributed by atoms with E-state index in [0.29, 0.717) is 5.92 Å². The van der Waals surface area contributed by atoms with Gasteiger partial charge < -0.3 is 0 Å². The second-order valence-corrected chi connectivity index (χ2v) is 3.99. The Kier molecular flexibility index (Phi) is 8.90. The number of allylic oxidation sites excluding steroid dienone is 5. The maximum absolute atomic E-state index is 4.12. The average Bonchev–Trinajstić information content (AvgIpc) is 2.33. The number of hydrogen-bond donors (Lipinski definition) is 0. The summed E-state index contributed by atoms with van der Waals surface area (Å²) in [7, 11) is 0. The Morgan fingerprint density at radius 3 is 2.44 bits per heavy atom. The van der Waals surface area contributed by atoms with Gasteiger partial charge in [0.2, 0.25) is 0 Å². The van der Waals surface area contributed by atoms with Crippen molar-refractivity contribution in [2.75, 3.05) is 0 Å². The molecule has 2 rings (SSSR count). The molecule has 0 spiro atoms. The molecule has 0 heterocycles. The van der Waals surface area contributed by atoms with Crippen molar-refractivity contribution in [3.63, 3.8) is 0 Å². The fourth-order valence-corrected chi connectivity index (χ4v) is 1.94. The molecule has 100 valence electrons. The Labute approximate surface area is 114 Å². The van der Waals surface area contributed by atoms with Crippen LogP contribution in [-0.2, 0) is 6.42 Å². The predicted octanol–water partition coefficient (Wildman–Crippen LogP) is 5.92. The highest BCUT2D eigenvalue weighted by Gasteiger charge is 2.11. The Hall–Kier alpha value is -1.56. The van der Waals surface area contributed by atoms with Crippen LogP contribution in [-0.4, -0.2) is 0 Å². The lowest BCUT2D eigenvalue weighted by atomic mass is 9.89. The summed E-state index contributed by atoms with van der Waals surface area (Å²) in [5.74, 6) is 0.414. The lowest BCUT2D eigenvalue weighted by molar-refractivity contribution is 0.907. The standard InChI is InChI=1S/C15H16.3CH4/c1-12-8-4-3-5-9-14-10-6-7-11-15(14)13(12)2;;;/h3-8,10-11,13H,1,9H2,2H3;3*1H4/b5-3-,8-4-;;;. The molecule has 1 unspecified atom stereocenters. The summed E-state index contributed by atoms with van der Waals surface area (Å²) in [5.41, 5.74) is 3.99. The number of rotatable bonds is 0. The van der Waals surface area contributed by atoms with Gasteiger partial charge in [0.15, 0.2) is 0 Å². The van der Waals surface area contributed by atoms with Crippen LogP contribution in [0.4, 0.5) is 0 Å². The van der Waals surface area contributed by atoms with Gasteiger partial charge in [0.05, 0.1) is 0 Å². The highest BCUT2D eigenvalue weighted by molar-refractivity contribution is 5.40. The highest BCUT2D eigenvalue weighted by Crippen LogP contribution is 2.27. The van der Waals surface area contributed by atoms with E-state index in [1.165, 1.54) is 16.7 Å². The Morgan fingerprint density at radius 1 is 1.06 bits per heavy atom. The van der Waals surface area contributed by atoms with E-state index < -0.39 is 0 Å². The summed E-state index contributed by atoms with van der Waals surface area (Å²) in [5, 5.41) is 0. The monoisotopic (exact) mass is 244 g/mol. The van der Waals surface area contributed by atoms with Crippen molar-refractivity contribution in [2.24, 2.45) is 0 Å². The summed E-state index contributed by atoms with van der Waals surface area (Å²) in [6.45, 7) is 6.34. The molecule has 0 bridgehead atoms. The molecular weight excluding hydrogens is 216 g/mol. The number of benzene rings is 1. The van der Waals surface area contributed by atoms with Crippen LogP contribution in [0.15, 0.2) is 60.7 Å². The first kappa shape index (κ1) is 18.8. The Balaban J connectivity index is 0. The molecule has 18 heavy (non-hydrogen) atoms.